The number of hydrogen-bond acceptors (Lipinski definition) is 4. The lowest BCUT2D eigenvalue weighted by Crippen LogP contribution is -2.00. The van der Waals surface area contributed by atoms with Gasteiger partial charge in [0.1, 0.15) is 5.75 Å². The summed E-state index contributed by atoms with van der Waals surface area (Å²) in [7, 11) is 0. The van der Waals surface area contributed by atoms with Crippen molar-refractivity contribution in [2.24, 2.45) is 0 Å². The van der Waals surface area contributed by atoms with E-state index in [2.05, 4.69) is 11.9 Å². The first-order chi connectivity index (χ1) is 9.70. The fraction of sp³-hybridized carbons (Fsp3) is 0.400. The van der Waals surface area contributed by atoms with Gasteiger partial charge in [0, 0.05) is 6.42 Å². The number of para-hydroxylation sites is 1. The molecule has 1 heterocycles. The van der Waals surface area contributed by atoms with E-state index < -0.39 is 0 Å². The van der Waals surface area contributed by atoms with Crippen molar-refractivity contribution in [1.82, 2.24) is 4.98 Å². The average molecular weight is 293 g/mol. The molecule has 0 fully saturated rings. The van der Waals surface area contributed by atoms with Crippen LogP contribution in [-0.4, -0.2) is 16.7 Å². The topological polar surface area (TPSA) is 62.3 Å². The number of rotatable bonds is 7. The maximum Gasteiger partial charge on any atom is 0.307 e. The van der Waals surface area contributed by atoms with Crippen molar-refractivity contribution >= 4 is 11.3 Å². The van der Waals surface area contributed by atoms with Gasteiger partial charge in [-0.15, -0.1) is 0 Å². The number of thiazole rings is 1. The highest BCUT2D eigenvalue weighted by atomic mass is 32.1. The van der Waals surface area contributed by atoms with Crippen molar-refractivity contribution < 1.29 is 9.84 Å². The zero-order valence-electron chi connectivity index (χ0n) is 11.5. The molecule has 0 atom stereocenters. The lowest BCUT2D eigenvalue weighted by molar-refractivity contribution is 0.303. The average Bonchev–Trinajstić information content (AvgIpc) is 2.75. The molecule has 0 radical (unpaired) electrons. The summed E-state index contributed by atoms with van der Waals surface area (Å²) in [6, 6.07) is 7.74. The molecule has 2 rings (SSSR count). The number of unbranched alkanes of at least 4 members (excludes halogenated alkanes) is 2. The summed E-state index contributed by atoms with van der Waals surface area (Å²) in [6.07, 6.45) is 3.85. The summed E-state index contributed by atoms with van der Waals surface area (Å²) in [4.78, 5) is 14.0. The molecule has 0 saturated carbocycles. The number of H-pyrrole nitrogens is 1. The standard InChI is InChI=1S/C15H19NO3S/c1-2-3-6-9-19-12-8-5-4-7-11(12)10-13-14(17)16-15(18)20-13/h4-5,7-8,17H,2-3,6,9-10H2,1H3,(H,16,18). The quantitative estimate of drug-likeness (QED) is 0.770. The molecule has 2 N–H and O–H groups in total. The van der Waals surface area contributed by atoms with Crippen LogP contribution in [0, 0.1) is 0 Å². The van der Waals surface area contributed by atoms with Crippen molar-refractivity contribution in [2.75, 3.05) is 6.61 Å². The molecule has 108 valence electrons. The third kappa shape index (κ3) is 3.87. The van der Waals surface area contributed by atoms with Gasteiger partial charge in [-0.05, 0) is 18.1 Å². The number of hydrogen-bond donors (Lipinski definition) is 2. The van der Waals surface area contributed by atoms with Crippen LogP contribution >= 0.6 is 11.3 Å². The Bertz CT molecular complexity index is 603. The molecule has 5 heteroatoms. The fourth-order valence-corrected chi connectivity index (χ4v) is 2.72. The Kier molecular flexibility index (Phi) is 5.24. The minimum atomic E-state index is -0.237. The van der Waals surface area contributed by atoms with Crippen LogP contribution in [0.4, 0.5) is 0 Å². The predicted octanol–water partition coefficient (Wildman–Crippen LogP) is 3.30. The van der Waals surface area contributed by atoms with Gasteiger partial charge in [0.2, 0.25) is 5.88 Å². The molecule has 4 nitrogen and oxygen atoms in total. The highest BCUT2D eigenvalue weighted by molar-refractivity contribution is 7.09. The minimum absolute atomic E-state index is 0.0409. The minimum Gasteiger partial charge on any atom is -0.494 e. The Morgan fingerprint density at radius 1 is 1.30 bits per heavy atom. The maximum atomic E-state index is 11.2. The monoisotopic (exact) mass is 293 g/mol. The molecule has 0 aliphatic carbocycles. The second-order valence-electron chi connectivity index (χ2n) is 4.63. The van der Waals surface area contributed by atoms with E-state index in [-0.39, 0.29) is 10.8 Å². The molecule has 1 aromatic carbocycles. The smallest absolute Gasteiger partial charge is 0.307 e. The number of nitrogens with one attached hydrogen (secondary N) is 1. The first kappa shape index (κ1) is 14.7. The normalized spacial score (nSPS) is 10.7. The van der Waals surface area contributed by atoms with Gasteiger partial charge in [0.05, 0.1) is 11.5 Å². The van der Waals surface area contributed by atoms with Crippen LogP contribution < -0.4 is 9.61 Å². The summed E-state index contributed by atoms with van der Waals surface area (Å²) in [5.74, 6) is 0.782. The Hall–Kier alpha value is -1.75. The van der Waals surface area contributed by atoms with Crippen LogP contribution in [0.2, 0.25) is 0 Å². The third-order valence-corrected chi connectivity index (χ3v) is 3.90. The Labute approximate surface area is 122 Å². The summed E-state index contributed by atoms with van der Waals surface area (Å²) in [6.45, 7) is 2.85. The van der Waals surface area contributed by atoms with Gasteiger partial charge < -0.3 is 9.84 Å². The van der Waals surface area contributed by atoms with E-state index in [1.807, 2.05) is 24.3 Å². The van der Waals surface area contributed by atoms with E-state index in [1.165, 1.54) is 0 Å². The van der Waals surface area contributed by atoms with E-state index in [0.717, 1.165) is 41.9 Å². The van der Waals surface area contributed by atoms with E-state index in [0.29, 0.717) is 17.9 Å². The van der Waals surface area contributed by atoms with Crippen molar-refractivity contribution in [3.05, 3.63) is 44.4 Å². The number of aromatic amines is 1. The van der Waals surface area contributed by atoms with Gasteiger partial charge >= 0.3 is 4.87 Å². The van der Waals surface area contributed by atoms with E-state index >= 15 is 0 Å². The number of ether oxygens (including phenoxy) is 1. The van der Waals surface area contributed by atoms with Crippen molar-refractivity contribution in [3.63, 3.8) is 0 Å². The van der Waals surface area contributed by atoms with Gasteiger partial charge in [-0.3, -0.25) is 9.78 Å². The predicted molar refractivity (Wildman–Crippen MR) is 80.9 cm³/mol. The van der Waals surface area contributed by atoms with Crippen LogP contribution in [0.25, 0.3) is 0 Å². The van der Waals surface area contributed by atoms with Gasteiger partial charge in [-0.1, -0.05) is 49.3 Å². The molecule has 0 bridgehead atoms. The van der Waals surface area contributed by atoms with Gasteiger partial charge in [0.15, 0.2) is 0 Å². The molecular weight excluding hydrogens is 274 g/mol. The zero-order valence-corrected chi connectivity index (χ0v) is 12.3. The van der Waals surface area contributed by atoms with E-state index in [4.69, 9.17) is 4.74 Å². The largest absolute Gasteiger partial charge is 0.494 e. The summed E-state index contributed by atoms with van der Waals surface area (Å²) in [5, 5.41) is 9.64. The summed E-state index contributed by atoms with van der Waals surface area (Å²) < 4.78 is 5.79. The molecule has 1 aromatic heterocycles. The Balaban J connectivity index is 2.07. The first-order valence-corrected chi connectivity index (χ1v) is 7.64. The van der Waals surface area contributed by atoms with Crippen molar-refractivity contribution in [1.29, 1.82) is 0 Å². The van der Waals surface area contributed by atoms with E-state index in [9.17, 15) is 9.90 Å². The van der Waals surface area contributed by atoms with Crippen LogP contribution in [-0.2, 0) is 6.42 Å². The zero-order chi connectivity index (χ0) is 14.4. The lowest BCUT2D eigenvalue weighted by Gasteiger charge is -2.10. The van der Waals surface area contributed by atoms with Crippen LogP contribution in [0.3, 0.4) is 0 Å². The number of aromatic nitrogens is 1. The molecule has 0 spiro atoms. The van der Waals surface area contributed by atoms with Gasteiger partial charge in [0.25, 0.3) is 0 Å². The van der Waals surface area contributed by atoms with Crippen LogP contribution in [0.5, 0.6) is 11.6 Å². The van der Waals surface area contributed by atoms with E-state index in [1.54, 1.807) is 0 Å². The highest BCUT2D eigenvalue weighted by Crippen LogP contribution is 2.26. The molecule has 0 aliphatic heterocycles. The molecule has 0 aliphatic rings. The number of benzene rings is 1. The molecule has 2 aromatic rings. The Morgan fingerprint density at radius 2 is 2.10 bits per heavy atom. The fourth-order valence-electron chi connectivity index (χ4n) is 1.97. The van der Waals surface area contributed by atoms with Crippen LogP contribution in [0.1, 0.15) is 36.6 Å². The van der Waals surface area contributed by atoms with Crippen LogP contribution in [0.15, 0.2) is 29.1 Å². The second-order valence-corrected chi connectivity index (χ2v) is 5.69. The molecule has 20 heavy (non-hydrogen) atoms. The maximum absolute atomic E-state index is 11.2. The molecule has 0 unspecified atom stereocenters. The van der Waals surface area contributed by atoms with Gasteiger partial charge in [-0.2, -0.15) is 0 Å². The molecular formula is C15H19NO3S. The summed E-state index contributed by atoms with van der Waals surface area (Å²) >= 11 is 1.03. The summed E-state index contributed by atoms with van der Waals surface area (Å²) in [5.41, 5.74) is 0.981. The first-order valence-electron chi connectivity index (χ1n) is 6.82. The van der Waals surface area contributed by atoms with Crippen molar-refractivity contribution in [3.8, 4) is 11.6 Å². The molecule has 0 amide bonds. The van der Waals surface area contributed by atoms with Crippen molar-refractivity contribution in [2.45, 2.75) is 32.6 Å². The Morgan fingerprint density at radius 3 is 2.80 bits per heavy atom. The third-order valence-electron chi connectivity index (χ3n) is 3.03. The molecule has 0 saturated heterocycles. The SMILES string of the molecule is CCCCCOc1ccccc1Cc1sc(=O)[nH]c1O. The lowest BCUT2D eigenvalue weighted by atomic mass is 10.1. The van der Waals surface area contributed by atoms with Gasteiger partial charge in [-0.25, -0.2) is 0 Å². The second kappa shape index (κ2) is 7.14. The highest BCUT2D eigenvalue weighted by Gasteiger charge is 2.10. The number of aromatic hydroxyl groups is 1.